The van der Waals surface area contributed by atoms with Crippen LogP contribution in [-0.2, 0) is 17.6 Å². The smallest absolute Gasteiger partial charge is 0.290 e. The van der Waals surface area contributed by atoms with Gasteiger partial charge >= 0.3 is 0 Å². The number of carbonyl (C=O) groups is 1. The van der Waals surface area contributed by atoms with Crippen molar-refractivity contribution in [3.63, 3.8) is 0 Å². The fourth-order valence-corrected chi connectivity index (χ4v) is 4.31. The molecule has 1 aliphatic rings. The van der Waals surface area contributed by atoms with E-state index in [0.717, 1.165) is 24.9 Å². The summed E-state index contributed by atoms with van der Waals surface area (Å²) in [5, 5.41) is 8.08. The molecule has 1 unspecified atom stereocenters. The zero-order valence-corrected chi connectivity index (χ0v) is 18.1. The molecule has 0 aliphatic carbocycles. The molecule has 32 heavy (non-hydrogen) atoms. The highest BCUT2D eigenvalue weighted by Gasteiger charge is 2.28. The average Bonchev–Trinajstić information content (AvgIpc) is 3.14. The van der Waals surface area contributed by atoms with Crippen molar-refractivity contribution in [2.45, 2.75) is 25.9 Å². The van der Waals surface area contributed by atoms with Gasteiger partial charge in [0.25, 0.3) is 6.47 Å². The Hall–Kier alpha value is -3.70. The lowest BCUT2D eigenvalue weighted by atomic mass is 10.0. The standard InChI is InChI=1S/C26H25N3.CH2O2/c1-18-7-9-20(10-8-18)21-11-12-24-23(15-21)26-22(17-28-24)16-25(27)29(26)14-13-19-5-3-2-4-6-19;2-1-3/h2-12,15,17,25H,13-14,16,27H2,1H3;1H,(H,2,3). The van der Waals surface area contributed by atoms with Gasteiger partial charge in [0, 0.05) is 24.5 Å². The van der Waals surface area contributed by atoms with Crippen LogP contribution in [0.5, 0.6) is 0 Å². The molecule has 5 rings (SSSR count). The second-order valence-electron chi connectivity index (χ2n) is 8.04. The Labute approximate surface area is 188 Å². The van der Waals surface area contributed by atoms with Crippen molar-refractivity contribution in [2.75, 3.05) is 11.4 Å². The molecule has 3 N–H and O–H groups in total. The lowest BCUT2D eigenvalue weighted by Gasteiger charge is -2.26. The minimum Gasteiger partial charge on any atom is -0.483 e. The van der Waals surface area contributed by atoms with Gasteiger partial charge in [-0.1, -0.05) is 66.2 Å². The maximum Gasteiger partial charge on any atom is 0.290 e. The minimum absolute atomic E-state index is 0.00384. The minimum atomic E-state index is -0.250. The molecule has 2 heterocycles. The Kier molecular flexibility index (Phi) is 6.47. The van der Waals surface area contributed by atoms with E-state index in [1.54, 1.807) is 0 Å². The van der Waals surface area contributed by atoms with Gasteiger partial charge in [0.15, 0.2) is 0 Å². The SMILES string of the molecule is Cc1ccc(-c2ccc3ncc4c(c3c2)N(CCc2ccccc2)C(N)C4)cc1.O=CO. The van der Waals surface area contributed by atoms with E-state index >= 15 is 0 Å². The number of carboxylic acid groups (broad SMARTS) is 1. The summed E-state index contributed by atoms with van der Waals surface area (Å²) in [6, 6.07) is 25.9. The summed E-state index contributed by atoms with van der Waals surface area (Å²) in [4.78, 5) is 15.4. The Bertz CT molecular complexity index is 1210. The normalized spacial score (nSPS) is 14.6. The van der Waals surface area contributed by atoms with Crippen molar-refractivity contribution in [2.24, 2.45) is 5.73 Å². The second-order valence-corrected chi connectivity index (χ2v) is 8.04. The molecule has 0 saturated carbocycles. The number of nitrogens with zero attached hydrogens (tertiary/aromatic N) is 2. The molecule has 1 atom stereocenters. The van der Waals surface area contributed by atoms with Crippen LogP contribution in [0.15, 0.2) is 79.0 Å². The van der Waals surface area contributed by atoms with Crippen LogP contribution in [0.3, 0.4) is 0 Å². The van der Waals surface area contributed by atoms with Crippen LogP contribution in [0.25, 0.3) is 22.0 Å². The Morgan fingerprint density at radius 3 is 2.47 bits per heavy atom. The highest BCUT2D eigenvalue weighted by atomic mass is 16.3. The van der Waals surface area contributed by atoms with E-state index in [1.807, 2.05) is 6.20 Å². The van der Waals surface area contributed by atoms with Gasteiger partial charge < -0.3 is 15.7 Å². The summed E-state index contributed by atoms with van der Waals surface area (Å²) in [7, 11) is 0. The van der Waals surface area contributed by atoms with E-state index < -0.39 is 0 Å². The molecular weight excluding hydrogens is 398 g/mol. The van der Waals surface area contributed by atoms with Crippen molar-refractivity contribution in [3.8, 4) is 11.1 Å². The summed E-state index contributed by atoms with van der Waals surface area (Å²) in [6.45, 7) is 2.78. The van der Waals surface area contributed by atoms with Crippen LogP contribution in [0.1, 0.15) is 16.7 Å². The third-order valence-corrected chi connectivity index (χ3v) is 5.90. The van der Waals surface area contributed by atoms with Gasteiger partial charge in [0.05, 0.1) is 17.4 Å². The quantitative estimate of drug-likeness (QED) is 0.459. The lowest BCUT2D eigenvalue weighted by Crippen LogP contribution is -2.40. The van der Waals surface area contributed by atoms with E-state index in [4.69, 9.17) is 20.6 Å². The van der Waals surface area contributed by atoms with Crippen LogP contribution in [0.2, 0.25) is 0 Å². The van der Waals surface area contributed by atoms with Crippen LogP contribution in [-0.4, -0.2) is 29.3 Å². The maximum atomic E-state index is 8.36. The zero-order chi connectivity index (χ0) is 22.5. The predicted molar refractivity (Wildman–Crippen MR) is 130 cm³/mol. The molecule has 0 radical (unpaired) electrons. The number of rotatable bonds is 4. The van der Waals surface area contributed by atoms with E-state index in [-0.39, 0.29) is 12.6 Å². The highest BCUT2D eigenvalue weighted by Crippen LogP contribution is 2.38. The van der Waals surface area contributed by atoms with Crippen molar-refractivity contribution < 1.29 is 9.90 Å². The van der Waals surface area contributed by atoms with Gasteiger partial charge in [-0.15, -0.1) is 0 Å². The molecule has 0 bridgehead atoms. The molecule has 0 amide bonds. The van der Waals surface area contributed by atoms with E-state index in [0.29, 0.717) is 0 Å². The third-order valence-electron chi connectivity index (χ3n) is 5.90. The second kappa shape index (κ2) is 9.62. The molecule has 3 aromatic carbocycles. The summed E-state index contributed by atoms with van der Waals surface area (Å²) < 4.78 is 0. The third kappa shape index (κ3) is 4.48. The largest absolute Gasteiger partial charge is 0.483 e. The van der Waals surface area contributed by atoms with Crippen molar-refractivity contribution in [3.05, 3.63) is 95.7 Å². The first-order chi connectivity index (χ1) is 15.6. The van der Waals surface area contributed by atoms with Crippen LogP contribution < -0.4 is 10.6 Å². The monoisotopic (exact) mass is 425 g/mol. The van der Waals surface area contributed by atoms with Crippen molar-refractivity contribution >= 4 is 23.1 Å². The molecule has 5 nitrogen and oxygen atoms in total. The number of hydrogen-bond acceptors (Lipinski definition) is 4. The molecule has 162 valence electrons. The van der Waals surface area contributed by atoms with Crippen LogP contribution >= 0.6 is 0 Å². The molecule has 0 spiro atoms. The molecule has 1 aliphatic heterocycles. The van der Waals surface area contributed by atoms with Crippen LogP contribution in [0, 0.1) is 6.92 Å². The van der Waals surface area contributed by atoms with E-state index in [9.17, 15) is 0 Å². The first-order valence-corrected chi connectivity index (χ1v) is 10.7. The van der Waals surface area contributed by atoms with Crippen molar-refractivity contribution in [1.82, 2.24) is 4.98 Å². The van der Waals surface area contributed by atoms with E-state index in [1.165, 1.54) is 38.9 Å². The number of anilines is 1. The Morgan fingerprint density at radius 1 is 1.06 bits per heavy atom. The Morgan fingerprint density at radius 2 is 1.75 bits per heavy atom. The maximum absolute atomic E-state index is 8.36. The lowest BCUT2D eigenvalue weighted by molar-refractivity contribution is -0.122. The molecule has 5 heteroatoms. The fourth-order valence-electron chi connectivity index (χ4n) is 4.31. The zero-order valence-electron chi connectivity index (χ0n) is 18.1. The van der Waals surface area contributed by atoms with Gasteiger partial charge in [-0.2, -0.15) is 0 Å². The number of aromatic nitrogens is 1. The molecule has 0 fully saturated rings. The number of pyridine rings is 1. The van der Waals surface area contributed by atoms with Crippen LogP contribution in [0.4, 0.5) is 5.69 Å². The number of nitrogens with two attached hydrogens (primary N) is 1. The first kappa shape index (κ1) is 21.5. The summed E-state index contributed by atoms with van der Waals surface area (Å²) in [5.41, 5.74) is 15.1. The number of benzene rings is 3. The summed E-state index contributed by atoms with van der Waals surface area (Å²) in [5.74, 6) is 0. The molecular formula is C27H27N3O2. The topological polar surface area (TPSA) is 79.5 Å². The fraction of sp³-hybridized carbons (Fsp3) is 0.185. The van der Waals surface area contributed by atoms with Gasteiger partial charge in [0.1, 0.15) is 0 Å². The Balaban J connectivity index is 0.000000775. The molecule has 4 aromatic rings. The van der Waals surface area contributed by atoms with Gasteiger partial charge in [-0.05, 0) is 47.7 Å². The molecule has 0 saturated heterocycles. The van der Waals surface area contributed by atoms with Crippen molar-refractivity contribution in [1.29, 1.82) is 0 Å². The van der Waals surface area contributed by atoms with Gasteiger partial charge in [-0.25, -0.2) is 0 Å². The number of hydrogen-bond donors (Lipinski definition) is 2. The average molecular weight is 426 g/mol. The predicted octanol–water partition coefficient (Wildman–Crippen LogP) is 4.80. The number of fused-ring (bicyclic) bond motifs is 3. The van der Waals surface area contributed by atoms with Gasteiger partial charge in [0.2, 0.25) is 0 Å². The first-order valence-electron chi connectivity index (χ1n) is 10.7. The summed E-state index contributed by atoms with van der Waals surface area (Å²) in [6.07, 6.45) is 3.84. The highest BCUT2D eigenvalue weighted by molar-refractivity contribution is 5.97. The summed E-state index contributed by atoms with van der Waals surface area (Å²) >= 11 is 0. The van der Waals surface area contributed by atoms with E-state index in [2.05, 4.69) is 84.6 Å². The number of aryl methyl sites for hydroxylation is 1. The van der Waals surface area contributed by atoms with Gasteiger partial charge in [-0.3, -0.25) is 9.78 Å². The molecule has 1 aromatic heterocycles.